The number of carbonyl (C=O) groups excluding carboxylic acids is 1. The van der Waals surface area contributed by atoms with E-state index in [1.165, 1.54) is 24.3 Å². The monoisotopic (exact) mass is 370 g/mol. The number of rotatable bonds is 6. The van der Waals surface area contributed by atoms with E-state index in [1.54, 1.807) is 6.07 Å². The molecule has 0 amide bonds. The second-order valence-corrected chi connectivity index (χ2v) is 6.52. The minimum Gasteiger partial charge on any atom is -0.426 e. The molecule has 0 bridgehead atoms. The highest BCUT2D eigenvalue weighted by molar-refractivity contribution is 5.75. The molecule has 1 aromatic carbocycles. The molecule has 6 heteroatoms. The van der Waals surface area contributed by atoms with Crippen molar-refractivity contribution in [3.8, 4) is 17.9 Å². The third-order valence-electron chi connectivity index (χ3n) is 4.69. The largest absolute Gasteiger partial charge is 0.426 e. The molecule has 140 valence electrons. The van der Waals surface area contributed by atoms with E-state index in [-0.39, 0.29) is 23.2 Å². The molecule has 1 aliphatic carbocycles. The van der Waals surface area contributed by atoms with Crippen molar-refractivity contribution in [2.75, 3.05) is 0 Å². The number of carbonyl (C=O) groups is 1. The average Bonchev–Trinajstić information content (AvgIpc) is 2.68. The highest BCUT2D eigenvalue weighted by Crippen LogP contribution is 2.32. The average molecular weight is 370 g/mol. The third kappa shape index (κ3) is 6.34. The predicted octanol–water partition coefficient (Wildman–Crippen LogP) is 5.12. The Morgan fingerprint density at radius 1 is 1.26 bits per heavy atom. The molecule has 0 spiro atoms. The van der Waals surface area contributed by atoms with Gasteiger partial charge in [0.1, 0.15) is 23.7 Å². The molecule has 0 heterocycles. The summed E-state index contributed by atoms with van der Waals surface area (Å²) < 4.78 is 31.4. The van der Waals surface area contributed by atoms with E-state index >= 15 is 0 Å². The molecule has 4 nitrogen and oxygen atoms in total. The molecule has 1 saturated carbocycles. The molecule has 27 heavy (non-hydrogen) atoms. The first kappa shape index (κ1) is 20.3. The number of nitrogens with zero attached hydrogens (tertiary/aromatic N) is 2. The van der Waals surface area contributed by atoms with Crippen molar-refractivity contribution in [3.05, 3.63) is 53.6 Å². The Bertz CT molecular complexity index is 810. The number of halogens is 2. The molecule has 0 atom stereocenters. The van der Waals surface area contributed by atoms with Gasteiger partial charge in [-0.1, -0.05) is 12.2 Å². The van der Waals surface area contributed by atoms with Crippen LogP contribution in [-0.2, 0) is 4.79 Å². The fraction of sp³-hybridized carbons (Fsp3) is 0.381. The first-order valence-electron chi connectivity index (χ1n) is 8.87. The maximum absolute atomic E-state index is 13.6. The fourth-order valence-corrected chi connectivity index (χ4v) is 3.15. The number of allylic oxidation sites excluding steroid dienone is 4. The molecule has 2 rings (SSSR count). The number of esters is 1. The summed E-state index contributed by atoms with van der Waals surface area (Å²) in [6, 6.07) is 6.89. The van der Waals surface area contributed by atoms with E-state index in [0.717, 1.165) is 50.7 Å². The van der Waals surface area contributed by atoms with Gasteiger partial charge in [-0.3, -0.25) is 4.79 Å². The summed E-state index contributed by atoms with van der Waals surface area (Å²) in [5.74, 6) is -1.48. The lowest BCUT2D eigenvalue weighted by Gasteiger charge is -2.26. The van der Waals surface area contributed by atoms with Gasteiger partial charge in [0.2, 0.25) is 0 Å². The van der Waals surface area contributed by atoms with Crippen LogP contribution in [-0.4, -0.2) is 5.97 Å². The Hall–Kier alpha value is -2.99. The summed E-state index contributed by atoms with van der Waals surface area (Å²) in [6.45, 7) is 0. The third-order valence-corrected chi connectivity index (χ3v) is 4.69. The normalized spacial score (nSPS) is 20.1. The van der Waals surface area contributed by atoms with E-state index in [9.17, 15) is 13.6 Å². The highest BCUT2D eigenvalue weighted by Gasteiger charge is 2.27. The zero-order valence-corrected chi connectivity index (χ0v) is 14.8. The van der Waals surface area contributed by atoms with E-state index in [0.29, 0.717) is 5.92 Å². The molecule has 0 saturated heterocycles. The van der Waals surface area contributed by atoms with Crippen LogP contribution in [0.1, 0.15) is 44.1 Å². The van der Waals surface area contributed by atoms with Crippen molar-refractivity contribution in [3.63, 3.8) is 0 Å². The first-order chi connectivity index (χ1) is 13.0. The van der Waals surface area contributed by atoms with Crippen molar-refractivity contribution in [2.45, 2.75) is 38.5 Å². The van der Waals surface area contributed by atoms with E-state index in [1.807, 2.05) is 6.08 Å². The summed E-state index contributed by atoms with van der Waals surface area (Å²) >= 11 is 0. The zero-order valence-electron chi connectivity index (χ0n) is 14.8. The van der Waals surface area contributed by atoms with Crippen molar-refractivity contribution < 1.29 is 18.3 Å². The Morgan fingerprint density at radius 3 is 2.63 bits per heavy atom. The standard InChI is InChI=1S/C21H20F2N2O2/c22-18(14-25)5-3-1-2-4-15-6-8-16(9-7-15)21(26)27-19-11-10-17(13-24)20(23)12-19/h1,3,5,10-12,15-16H,2,4,6-9H2/t15-,16-. The second-order valence-electron chi connectivity index (χ2n) is 6.52. The van der Waals surface area contributed by atoms with Gasteiger partial charge in [0, 0.05) is 6.07 Å². The lowest BCUT2D eigenvalue weighted by molar-refractivity contribution is -0.140. The van der Waals surface area contributed by atoms with Gasteiger partial charge in [0.15, 0.2) is 5.83 Å². The first-order valence-corrected chi connectivity index (χ1v) is 8.87. The molecule has 0 aliphatic heterocycles. The number of benzene rings is 1. The van der Waals surface area contributed by atoms with Gasteiger partial charge in [-0.25, -0.2) is 4.39 Å². The van der Waals surface area contributed by atoms with Crippen molar-refractivity contribution >= 4 is 5.97 Å². The SMILES string of the molecule is N#CC(F)=CC=CCC[C@H]1CC[C@H](C(=O)Oc2ccc(C#N)c(F)c2)CC1. The molecule has 1 fully saturated rings. The predicted molar refractivity (Wildman–Crippen MR) is 95.4 cm³/mol. The number of ether oxygens (including phenoxy) is 1. The fourth-order valence-electron chi connectivity index (χ4n) is 3.15. The van der Waals surface area contributed by atoms with Crippen LogP contribution < -0.4 is 4.74 Å². The van der Waals surface area contributed by atoms with Crippen LogP contribution in [0, 0.1) is 40.3 Å². The van der Waals surface area contributed by atoms with Gasteiger partial charge in [0.25, 0.3) is 0 Å². The van der Waals surface area contributed by atoms with Crippen LogP contribution in [0.15, 0.2) is 42.3 Å². The maximum Gasteiger partial charge on any atom is 0.314 e. The van der Waals surface area contributed by atoms with Gasteiger partial charge in [-0.15, -0.1) is 0 Å². The van der Waals surface area contributed by atoms with E-state index < -0.39 is 11.6 Å². The summed E-state index contributed by atoms with van der Waals surface area (Å²) in [5, 5.41) is 17.0. The Balaban J connectivity index is 1.75. The Labute approximate surface area is 157 Å². The van der Waals surface area contributed by atoms with Crippen molar-refractivity contribution in [2.24, 2.45) is 11.8 Å². The molecule has 1 aliphatic rings. The summed E-state index contributed by atoms with van der Waals surface area (Å²) in [7, 11) is 0. The summed E-state index contributed by atoms with van der Waals surface area (Å²) in [5.41, 5.74) is -0.0878. The second kappa shape index (κ2) is 10.2. The number of nitriles is 2. The van der Waals surface area contributed by atoms with E-state index in [4.69, 9.17) is 15.3 Å². The van der Waals surface area contributed by atoms with Crippen LogP contribution in [0.5, 0.6) is 5.75 Å². The lowest BCUT2D eigenvalue weighted by atomic mass is 9.80. The minimum atomic E-state index is -0.813. The number of hydrogen-bond acceptors (Lipinski definition) is 4. The van der Waals surface area contributed by atoms with Gasteiger partial charge in [-0.2, -0.15) is 14.9 Å². The van der Waals surface area contributed by atoms with Crippen molar-refractivity contribution in [1.82, 2.24) is 0 Å². The highest BCUT2D eigenvalue weighted by atomic mass is 19.1. The lowest BCUT2D eigenvalue weighted by Crippen LogP contribution is -2.25. The number of hydrogen-bond donors (Lipinski definition) is 0. The van der Waals surface area contributed by atoms with Crippen LogP contribution in [0.25, 0.3) is 0 Å². The molecule has 0 radical (unpaired) electrons. The van der Waals surface area contributed by atoms with Crippen molar-refractivity contribution in [1.29, 1.82) is 10.5 Å². The van der Waals surface area contributed by atoms with Gasteiger partial charge >= 0.3 is 5.97 Å². The van der Waals surface area contributed by atoms with Crippen LogP contribution in [0.2, 0.25) is 0 Å². The molecular weight excluding hydrogens is 350 g/mol. The zero-order chi connectivity index (χ0) is 19.6. The summed E-state index contributed by atoms with van der Waals surface area (Å²) in [4.78, 5) is 12.2. The van der Waals surface area contributed by atoms with Gasteiger partial charge < -0.3 is 4.74 Å². The van der Waals surface area contributed by atoms with Crippen LogP contribution in [0.3, 0.4) is 0 Å². The van der Waals surface area contributed by atoms with Gasteiger partial charge in [-0.05, 0) is 62.7 Å². The quantitative estimate of drug-likeness (QED) is 0.301. The molecule has 0 N–H and O–H groups in total. The minimum absolute atomic E-state index is 0.0878. The molecular formula is C21H20F2N2O2. The van der Waals surface area contributed by atoms with Crippen LogP contribution >= 0.6 is 0 Å². The molecule has 1 aromatic rings. The summed E-state index contributed by atoms with van der Waals surface area (Å²) in [6.07, 6.45) is 9.48. The van der Waals surface area contributed by atoms with E-state index in [2.05, 4.69) is 0 Å². The Kier molecular flexibility index (Phi) is 7.70. The smallest absolute Gasteiger partial charge is 0.314 e. The Morgan fingerprint density at radius 2 is 2.00 bits per heavy atom. The maximum atomic E-state index is 13.6. The molecule has 0 aromatic heterocycles. The topological polar surface area (TPSA) is 73.9 Å². The van der Waals surface area contributed by atoms with Gasteiger partial charge in [0.05, 0.1) is 11.5 Å². The van der Waals surface area contributed by atoms with Crippen LogP contribution in [0.4, 0.5) is 8.78 Å². The molecule has 0 unspecified atom stereocenters.